The molecule has 2 aromatic heterocycles. The third-order valence-electron chi connectivity index (χ3n) is 5.28. The van der Waals surface area contributed by atoms with Crippen LogP contribution in [0.4, 0.5) is 0 Å². The lowest BCUT2D eigenvalue weighted by atomic mass is 9.96. The lowest BCUT2D eigenvalue weighted by molar-refractivity contribution is -0.136. The Labute approximate surface area is 152 Å². The predicted molar refractivity (Wildman–Crippen MR) is 95.1 cm³/mol. The van der Waals surface area contributed by atoms with Crippen molar-refractivity contribution in [1.82, 2.24) is 24.8 Å². The van der Waals surface area contributed by atoms with Crippen molar-refractivity contribution in [3.8, 4) is 0 Å². The SMILES string of the molecule is O=C1CCCCN1CCC(=O)N1CCc2[nH]cnc2C1c1ccncc1. The average molecular weight is 353 g/mol. The Bertz CT molecular complexity index is 788. The van der Waals surface area contributed by atoms with Crippen LogP contribution in [0.3, 0.4) is 0 Å². The highest BCUT2D eigenvalue weighted by atomic mass is 16.2. The zero-order chi connectivity index (χ0) is 17.9. The minimum absolute atomic E-state index is 0.0684. The van der Waals surface area contributed by atoms with E-state index in [1.54, 1.807) is 18.7 Å². The monoisotopic (exact) mass is 353 g/mol. The normalized spacial score (nSPS) is 20.2. The lowest BCUT2D eigenvalue weighted by Crippen LogP contribution is -2.43. The summed E-state index contributed by atoms with van der Waals surface area (Å²) in [5.41, 5.74) is 3.00. The molecule has 1 unspecified atom stereocenters. The Morgan fingerprint density at radius 3 is 2.85 bits per heavy atom. The Balaban J connectivity index is 1.52. The van der Waals surface area contributed by atoms with Gasteiger partial charge < -0.3 is 14.8 Å². The van der Waals surface area contributed by atoms with Crippen LogP contribution in [0.15, 0.2) is 30.9 Å². The van der Waals surface area contributed by atoms with Gasteiger partial charge in [0.15, 0.2) is 0 Å². The van der Waals surface area contributed by atoms with Crippen LogP contribution in [0.2, 0.25) is 0 Å². The summed E-state index contributed by atoms with van der Waals surface area (Å²) >= 11 is 0. The number of nitrogens with one attached hydrogen (secondary N) is 1. The van der Waals surface area contributed by atoms with Crippen molar-refractivity contribution in [3.05, 3.63) is 47.8 Å². The number of piperidine rings is 1. The van der Waals surface area contributed by atoms with Gasteiger partial charge in [-0.2, -0.15) is 0 Å². The second kappa shape index (κ2) is 7.27. The van der Waals surface area contributed by atoms with E-state index in [4.69, 9.17) is 0 Å². The van der Waals surface area contributed by atoms with E-state index in [1.165, 1.54) is 0 Å². The van der Waals surface area contributed by atoms with Crippen molar-refractivity contribution in [3.63, 3.8) is 0 Å². The number of nitrogens with zero attached hydrogens (tertiary/aromatic N) is 4. The molecule has 1 fully saturated rings. The van der Waals surface area contributed by atoms with Crippen molar-refractivity contribution < 1.29 is 9.59 Å². The van der Waals surface area contributed by atoms with Crippen LogP contribution in [0.5, 0.6) is 0 Å². The van der Waals surface area contributed by atoms with E-state index in [2.05, 4.69) is 15.0 Å². The van der Waals surface area contributed by atoms with E-state index in [0.29, 0.717) is 25.9 Å². The number of hydrogen-bond donors (Lipinski definition) is 1. The summed E-state index contributed by atoms with van der Waals surface area (Å²) < 4.78 is 0. The molecule has 2 aliphatic rings. The fourth-order valence-electron chi connectivity index (χ4n) is 3.90. The first-order chi connectivity index (χ1) is 12.7. The number of carbonyl (C=O) groups is 2. The zero-order valence-electron chi connectivity index (χ0n) is 14.7. The average Bonchev–Trinajstić information content (AvgIpc) is 3.16. The van der Waals surface area contributed by atoms with Crippen molar-refractivity contribution in [2.75, 3.05) is 19.6 Å². The van der Waals surface area contributed by atoms with Crippen molar-refractivity contribution >= 4 is 11.8 Å². The molecule has 1 atom stereocenters. The first kappa shape index (κ1) is 16.8. The molecule has 7 nitrogen and oxygen atoms in total. The number of fused-ring (bicyclic) bond motifs is 1. The van der Waals surface area contributed by atoms with Crippen molar-refractivity contribution in [2.24, 2.45) is 0 Å². The highest BCUT2D eigenvalue weighted by molar-refractivity contribution is 5.80. The minimum atomic E-state index is -0.197. The molecule has 0 bridgehead atoms. The van der Waals surface area contributed by atoms with Gasteiger partial charge in [0, 0.05) is 57.0 Å². The Morgan fingerprint density at radius 2 is 2.04 bits per heavy atom. The maximum absolute atomic E-state index is 13.0. The molecule has 1 saturated heterocycles. The fourth-order valence-corrected chi connectivity index (χ4v) is 3.90. The molecule has 4 heterocycles. The van der Waals surface area contributed by atoms with E-state index in [1.807, 2.05) is 21.9 Å². The van der Waals surface area contributed by atoms with Gasteiger partial charge in [0.2, 0.25) is 11.8 Å². The molecule has 0 saturated carbocycles. The molecule has 0 spiro atoms. The maximum Gasteiger partial charge on any atom is 0.225 e. The number of hydrogen-bond acceptors (Lipinski definition) is 4. The molecule has 0 aliphatic carbocycles. The summed E-state index contributed by atoms with van der Waals surface area (Å²) in [5, 5.41) is 0. The second-order valence-electron chi connectivity index (χ2n) is 6.87. The highest BCUT2D eigenvalue weighted by Crippen LogP contribution is 2.33. The summed E-state index contributed by atoms with van der Waals surface area (Å²) in [7, 11) is 0. The summed E-state index contributed by atoms with van der Waals surface area (Å²) in [4.78, 5) is 40.4. The van der Waals surface area contributed by atoms with Crippen LogP contribution < -0.4 is 0 Å². The standard InChI is InChI=1S/C19H23N5O2/c25-16-3-1-2-10-23(16)11-7-17(26)24-12-6-15-18(22-13-21-15)19(24)14-4-8-20-9-5-14/h4-5,8-9,13,19H,1-3,6-7,10-12H2,(H,21,22). The molecule has 136 valence electrons. The van der Waals surface area contributed by atoms with Gasteiger partial charge in [0.05, 0.1) is 12.0 Å². The van der Waals surface area contributed by atoms with E-state index < -0.39 is 0 Å². The molecule has 2 aromatic rings. The number of likely N-dealkylation sites (tertiary alicyclic amines) is 1. The minimum Gasteiger partial charge on any atom is -0.348 e. The molecule has 0 radical (unpaired) electrons. The molecule has 0 aromatic carbocycles. The van der Waals surface area contributed by atoms with Gasteiger partial charge in [-0.25, -0.2) is 4.98 Å². The van der Waals surface area contributed by atoms with Crippen molar-refractivity contribution in [2.45, 2.75) is 38.1 Å². The number of imidazole rings is 1. The Morgan fingerprint density at radius 1 is 1.19 bits per heavy atom. The summed E-state index contributed by atoms with van der Waals surface area (Å²) in [6, 6.07) is 3.67. The number of carbonyl (C=O) groups excluding carboxylic acids is 2. The molecule has 2 aliphatic heterocycles. The van der Waals surface area contributed by atoms with E-state index in [0.717, 1.165) is 42.8 Å². The van der Waals surface area contributed by atoms with Gasteiger partial charge in [-0.15, -0.1) is 0 Å². The van der Waals surface area contributed by atoms with E-state index >= 15 is 0 Å². The summed E-state index contributed by atoms with van der Waals surface area (Å²) in [5.74, 6) is 0.238. The number of rotatable bonds is 4. The van der Waals surface area contributed by atoms with Gasteiger partial charge >= 0.3 is 0 Å². The van der Waals surface area contributed by atoms with Crippen LogP contribution in [-0.4, -0.2) is 56.2 Å². The van der Waals surface area contributed by atoms with Crippen LogP contribution in [0, 0.1) is 0 Å². The predicted octanol–water partition coefficient (Wildman–Crippen LogP) is 1.68. The quantitative estimate of drug-likeness (QED) is 0.907. The molecule has 26 heavy (non-hydrogen) atoms. The smallest absolute Gasteiger partial charge is 0.225 e. The van der Waals surface area contributed by atoms with Gasteiger partial charge in [-0.05, 0) is 30.5 Å². The molecule has 1 N–H and O–H groups in total. The first-order valence-corrected chi connectivity index (χ1v) is 9.23. The van der Waals surface area contributed by atoms with Gasteiger partial charge in [-0.3, -0.25) is 14.6 Å². The van der Waals surface area contributed by atoms with Gasteiger partial charge in [0.25, 0.3) is 0 Å². The largest absolute Gasteiger partial charge is 0.348 e. The third kappa shape index (κ3) is 3.21. The summed E-state index contributed by atoms with van der Waals surface area (Å²) in [6.45, 7) is 1.92. The number of aromatic nitrogens is 3. The third-order valence-corrected chi connectivity index (χ3v) is 5.28. The first-order valence-electron chi connectivity index (χ1n) is 9.23. The van der Waals surface area contributed by atoms with Crippen LogP contribution in [0.1, 0.15) is 48.7 Å². The van der Waals surface area contributed by atoms with E-state index in [9.17, 15) is 9.59 Å². The number of pyridine rings is 1. The van der Waals surface area contributed by atoms with Crippen LogP contribution in [-0.2, 0) is 16.0 Å². The Kier molecular flexibility index (Phi) is 4.69. The molecule has 2 amide bonds. The van der Waals surface area contributed by atoms with E-state index in [-0.39, 0.29) is 17.9 Å². The van der Waals surface area contributed by atoms with Crippen LogP contribution >= 0.6 is 0 Å². The number of H-pyrrole nitrogens is 1. The zero-order valence-corrected chi connectivity index (χ0v) is 14.7. The van der Waals surface area contributed by atoms with Gasteiger partial charge in [0.1, 0.15) is 6.04 Å². The topological polar surface area (TPSA) is 82.2 Å². The molecular formula is C19H23N5O2. The molecular weight excluding hydrogens is 330 g/mol. The number of amides is 2. The Hall–Kier alpha value is -2.70. The molecule has 4 rings (SSSR count). The van der Waals surface area contributed by atoms with Gasteiger partial charge in [-0.1, -0.05) is 0 Å². The lowest BCUT2D eigenvalue weighted by Gasteiger charge is -2.36. The maximum atomic E-state index is 13.0. The fraction of sp³-hybridized carbons (Fsp3) is 0.474. The van der Waals surface area contributed by atoms with Crippen molar-refractivity contribution in [1.29, 1.82) is 0 Å². The summed E-state index contributed by atoms with van der Waals surface area (Å²) in [6.07, 6.45) is 8.89. The number of aromatic amines is 1. The highest BCUT2D eigenvalue weighted by Gasteiger charge is 2.34. The second-order valence-corrected chi connectivity index (χ2v) is 6.87. The molecule has 7 heteroatoms. The van der Waals surface area contributed by atoms with Crippen LogP contribution in [0.25, 0.3) is 0 Å².